The summed E-state index contributed by atoms with van der Waals surface area (Å²) in [4.78, 5) is 7.02. The van der Waals surface area contributed by atoms with Crippen molar-refractivity contribution in [3.63, 3.8) is 0 Å². The van der Waals surface area contributed by atoms with E-state index in [9.17, 15) is 0 Å². The molecule has 0 radical (unpaired) electrons. The van der Waals surface area contributed by atoms with Crippen molar-refractivity contribution < 1.29 is 4.74 Å². The number of nitrogens with two attached hydrogens (primary N) is 1. The molecule has 20 heavy (non-hydrogen) atoms. The highest BCUT2D eigenvalue weighted by Crippen LogP contribution is 2.27. The molecule has 0 saturated carbocycles. The number of nitrogens with zero attached hydrogens (tertiary/aromatic N) is 2. The topological polar surface area (TPSA) is 51.4 Å². The molecule has 2 heterocycles. The Hall–Kier alpha value is -1.45. The van der Waals surface area contributed by atoms with Gasteiger partial charge in [-0.05, 0) is 37.8 Å². The van der Waals surface area contributed by atoms with Crippen LogP contribution >= 0.6 is 0 Å². The zero-order valence-corrected chi connectivity index (χ0v) is 12.9. The van der Waals surface area contributed by atoms with Gasteiger partial charge in [0.05, 0.1) is 12.3 Å². The first-order valence-electron chi connectivity index (χ1n) is 7.74. The van der Waals surface area contributed by atoms with E-state index >= 15 is 0 Å². The third kappa shape index (κ3) is 3.78. The third-order valence-corrected chi connectivity index (χ3v) is 3.78. The number of nitrogen functional groups attached to an aromatic ring is 1. The van der Waals surface area contributed by atoms with E-state index in [-0.39, 0.29) is 0 Å². The number of ether oxygens (including phenoxy) is 1. The zero-order chi connectivity index (χ0) is 14.5. The number of pyridine rings is 1. The number of hydrogen-bond donors (Lipinski definition) is 1. The SMILES string of the molecule is CC(C)COc1nc(N2CCCCCC2C)ccc1N. The van der Waals surface area contributed by atoms with Crippen LogP contribution in [0.3, 0.4) is 0 Å². The fourth-order valence-electron chi connectivity index (χ4n) is 2.58. The Kier molecular flexibility index (Phi) is 5.10. The summed E-state index contributed by atoms with van der Waals surface area (Å²) in [5.41, 5.74) is 6.59. The summed E-state index contributed by atoms with van der Waals surface area (Å²) in [6, 6.07) is 4.46. The van der Waals surface area contributed by atoms with Crippen molar-refractivity contribution in [1.29, 1.82) is 0 Å². The molecule has 2 N–H and O–H groups in total. The van der Waals surface area contributed by atoms with Gasteiger partial charge in [-0.1, -0.05) is 26.7 Å². The predicted molar refractivity (Wildman–Crippen MR) is 84.3 cm³/mol. The highest BCUT2D eigenvalue weighted by Gasteiger charge is 2.19. The minimum absolute atomic E-state index is 0.469. The number of hydrogen-bond acceptors (Lipinski definition) is 4. The maximum Gasteiger partial charge on any atom is 0.239 e. The van der Waals surface area contributed by atoms with E-state index < -0.39 is 0 Å². The van der Waals surface area contributed by atoms with Gasteiger partial charge in [0.15, 0.2) is 0 Å². The fourth-order valence-corrected chi connectivity index (χ4v) is 2.58. The van der Waals surface area contributed by atoms with Crippen molar-refractivity contribution in [2.45, 2.75) is 52.5 Å². The van der Waals surface area contributed by atoms with Crippen LogP contribution in [0, 0.1) is 5.92 Å². The first kappa shape index (κ1) is 14.9. The van der Waals surface area contributed by atoms with Gasteiger partial charge in [-0.2, -0.15) is 4.98 Å². The molecular formula is C16H27N3O. The lowest BCUT2D eigenvalue weighted by atomic mass is 10.1. The summed E-state index contributed by atoms with van der Waals surface area (Å²) < 4.78 is 5.73. The van der Waals surface area contributed by atoms with Crippen LogP contribution in [0.4, 0.5) is 11.5 Å². The van der Waals surface area contributed by atoms with Crippen LogP contribution in [0.25, 0.3) is 0 Å². The maximum atomic E-state index is 5.96. The van der Waals surface area contributed by atoms with Crippen molar-refractivity contribution in [1.82, 2.24) is 4.98 Å². The smallest absolute Gasteiger partial charge is 0.239 e. The summed E-state index contributed by atoms with van der Waals surface area (Å²) in [5.74, 6) is 2.04. The molecule has 4 heteroatoms. The molecule has 1 aliphatic heterocycles. The molecule has 1 aliphatic rings. The Morgan fingerprint density at radius 3 is 2.90 bits per heavy atom. The minimum Gasteiger partial charge on any atom is -0.476 e. The highest BCUT2D eigenvalue weighted by atomic mass is 16.5. The number of rotatable bonds is 4. The van der Waals surface area contributed by atoms with Gasteiger partial charge in [0.25, 0.3) is 0 Å². The summed E-state index contributed by atoms with van der Waals surface area (Å²) in [7, 11) is 0. The summed E-state index contributed by atoms with van der Waals surface area (Å²) >= 11 is 0. The van der Waals surface area contributed by atoms with Crippen molar-refractivity contribution in [2.24, 2.45) is 5.92 Å². The van der Waals surface area contributed by atoms with Crippen LogP contribution in [-0.2, 0) is 0 Å². The van der Waals surface area contributed by atoms with Crippen molar-refractivity contribution in [2.75, 3.05) is 23.8 Å². The monoisotopic (exact) mass is 277 g/mol. The van der Waals surface area contributed by atoms with Crippen molar-refractivity contribution in [3.8, 4) is 5.88 Å². The van der Waals surface area contributed by atoms with E-state index in [4.69, 9.17) is 10.5 Å². The first-order valence-corrected chi connectivity index (χ1v) is 7.74. The predicted octanol–water partition coefficient (Wildman–Crippen LogP) is 3.47. The van der Waals surface area contributed by atoms with Gasteiger partial charge in [0, 0.05) is 12.6 Å². The van der Waals surface area contributed by atoms with Crippen molar-refractivity contribution in [3.05, 3.63) is 12.1 Å². The Morgan fingerprint density at radius 2 is 2.15 bits per heavy atom. The van der Waals surface area contributed by atoms with Crippen LogP contribution in [0.1, 0.15) is 46.5 Å². The third-order valence-electron chi connectivity index (χ3n) is 3.78. The van der Waals surface area contributed by atoms with Gasteiger partial charge in [-0.25, -0.2) is 0 Å². The molecule has 1 unspecified atom stereocenters. The minimum atomic E-state index is 0.469. The summed E-state index contributed by atoms with van der Waals surface area (Å²) in [6.45, 7) is 8.24. The molecule has 1 saturated heterocycles. The van der Waals surface area contributed by atoms with Gasteiger partial charge in [0.1, 0.15) is 5.82 Å². The molecule has 1 atom stereocenters. The fraction of sp³-hybridized carbons (Fsp3) is 0.688. The highest BCUT2D eigenvalue weighted by molar-refractivity contribution is 5.55. The zero-order valence-electron chi connectivity index (χ0n) is 12.9. The molecule has 4 nitrogen and oxygen atoms in total. The van der Waals surface area contributed by atoms with E-state index in [0.717, 1.165) is 12.4 Å². The largest absolute Gasteiger partial charge is 0.476 e. The Morgan fingerprint density at radius 1 is 1.35 bits per heavy atom. The van der Waals surface area contributed by atoms with Crippen LogP contribution in [0.2, 0.25) is 0 Å². The van der Waals surface area contributed by atoms with Gasteiger partial charge in [0.2, 0.25) is 5.88 Å². The maximum absolute atomic E-state index is 5.96. The van der Waals surface area contributed by atoms with E-state index in [1.165, 1.54) is 25.7 Å². The van der Waals surface area contributed by atoms with Crippen LogP contribution in [0.15, 0.2) is 12.1 Å². The second-order valence-corrected chi connectivity index (χ2v) is 6.16. The second kappa shape index (κ2) is 6.82. The molecule has 1 aromatic heterocycles. The average Bonchev–Trinajstić information content (AvgIpc) is 2.62. The van der Waals surface area contributed by atoms with E-state index in [2.05, 4.69) is 30.7 Å². The molecule has 0 spiro atoms. The van der Waals surface area contributed by atoms with Gasteiger partial charge in [-0.3, -0.25) is 0 Å². The number of aromatic nitrogens is 1. The average molecular weight is 277 g/mol. The van der Waals surface area contributed by atoms with Gasteiger partial charge < -0.3 is 15.4 Å². The summed E-state index contributed by atoms with van der Waals surface area (Å²) in [6.07, 6.45) is 5.09. The molecule has 0 aliphatic carbocycles. The lowest BCUT2D eigenvalue weighted by molar-refractivity contribution is 0.263. The Bertz CT molecular complexity index is 434. The van der Waals surface area contributed by atoms with Gasteiger partial charge in [-0.15, -0.1) is 0 Å². The van der Waals surface area contributed by atoms with E-state index in [1.54, 1.807) is 0 Å². The van der Waals surface area contributed by atoms with Gasteiger partial charge >= 0.3 is 0 Å². The van der Waals surface area contributed by atoms with E-state index in [0.29, 0.717) is 30.1 Å². The standard InChI is InChI=1S/C16H27N3O/c1-12(2)11-20-16-14(17)8-9-15(18-16)19-10-6-4-5-7-13(19)3/h8-9,12-13H,4-7,10-11,17H2,1-3H3. The van der Waals surface area contributed by atoms with Crippen LogP contribution < -0.4 is 15.4 Å². The molecule has 112 valence electrons. The van der Waals surface area contributed by atoms with Crippen molar-refractivity contribution >= 4 is 11.5 Å². The second-order valence-electron chi connectivity index (χ2n) is 6.16. The molecule has 1 fully saturated rings. The molecule has 2 rings (SSSR count). The van der Waals surface area contributed by atoms with Crippen LogP contribution in [0.5, 0.6) is 5.88 Å². The molecule has 1 aromatic rings. The lowest BCUT2D eigenvalue weighted by Crippen LogP contribution is -2.33. The quantitative estimate of drug-likeness (QED) is 0.915. The Balaban J connectivity index is 2.16. The number of anilines is 2. The first-order chi connectivity index (χ1) is 9.58. The Labute approximate surface area is 122 Å². The molecule has 0 aromatic carbocycles. The molecule has 0 bridgehead atoms. The molecular weight excluding hydrogens is 250 g/mol. The normalized spacial score (nSPS) is 20.0. The summed E-state index contributed by atoms with van der Waals surface area (Å²) in [5, 5.41) is 0. The molecule has 0 amide bonds. The lowest BCUT2D eigenvalue weighted by Gasteiger charge is -2.28. The van der Waals surface area contributed by atoms with Crippen LogP contribution in [-0.4, -0.2) is 24.2 Å². The van der Waals surface area contributed by atoms with E-state index in [1.807, 2.05) is 12.1 Å².